The molecule has 0 fully saturated rings. The van der Waals surface area contributed by atoms with Crippen molar-refractivity contribution in [2.75, 3.05) is 4.90 Å². The van der Waals surface area contributed by atoms with Gasteiger partial charge in [0.05, 0.1) is 16.7 Å². The molecule has 0 aliphatic heterocycles. The molecular weight excluding hydrogens is 765 g/mol. The maximum Gasteiger partial charge on any atom is 0.136 e. The van der Waals surface area contributed by atoms with Crippen LogP contribution >= 0.6 is 0 Å². The minimum Gasteiger partial charge on any atom is -0.456 e. The van der Waals surface area contributed by atoms with Crippen LogP contribution in [-0.2, 0) is 0 Å². The lowest BCUT2D eigenvalue weighted by Gasteiger charge is -2.29. The Bertz CT molecular complexity index is 3630. The molecule has 12 rings (SSSR count). The minimum absolute atomic E-state index is 0.901. The number of aromatic nitrogens is 1. The van der Waals surface area contributed by atoms with Gasteiger partial charge >= 0.3 is 0 Å². The Morgan fingerprint density at radius 3 is 1.56 bits per heavy atom. The zero-order chi connectivity index (χ0) is 42.0. The number of furan rings is 1. The van der Waals surface area contributed by atoms with Crippen molar-refractivity contribution in [3.63, 3.8) is 0 Å². The highest BCUT2D eigenvalue weighted by Gasteiger charge is 2.20. The third kappa shape index (κ3) is 6.28. The highest BCUT2D eigenvalue weighted by Crippen LogP contribution is 2.43. The van der Waals surface area contributed by atoms with Crippen molar-refractivity contribution >= 4 is 71.6 Å². The van der Waals surface area contributed by atoms with Crippen LogP contribution in [0.1, 0.15) is 11.1 Å². The second kappa shape index (κ2) is 14.8. The van der Waals surface area contributed by atoms with Gasteiger partial charge in [0.25, 0.3) is 0 Å². The van der Waals surface area contributed by atoms with Gasteiger partial charge < -0.3 is 13.9 Å². The number of anilines is 3. The fourth-order valence-corrected chi connectivity index (χ4v) is 9.79. The van der Waals surface area contributed by atoms with E-state index < -0.39 is 0 Å². The molecular formula is C60H42N2O. The minimum atomic E-state index is 0.901. The second-order valence-corrected chi connectivity index (χ2v) is 16.7. The summed E-state index contributed by atoms with van der Waals surface area (Å²) in [6, 6.07) is 79.1. The lowest BCUT2D eigenvalue weighted by atomic mass is 9.96. The Labute approximate surface area is 366 Å². The lowest BCUT2D eigenvalue weighted by molar-refractivity contribution is 0.669. The van der Waals surface area contributed by atoms with Crippen molar-refractivity contribution < 1.29 is 4.42 Å². The van der Waals surface area contributed by atoms with Crippen molar-refractivity contribution in [2.45, 2.75) is 13.8 Å². The maximum absolute atomic E-state index is 6.27. The number of aryl methyl sites for hydroxylation is 2. The molecule has 0 N–H and O–H groups in total. The van der Waals surface area contributed by atoms with E-state index in [-0.39, 0.29) is 0 Å². The van der Waals surface area contributed by atoms with Crippen molar-refractivity contribution in [1.29, 1.82) is 0 Å². The molecule has 3 heteroatoms. The van der Waals surface area contributed by atoms with Gasteiger partial charge in [-0.3, -0.25) is 0 Å². The number of nitrogens with zero attached hydrogens (tertiary/aromatic N) is 2. The Morgan fingerprint density at radius 2 is 0.873 bits per heavy atom. The number of hydrogen-bond donors (Lipinski definition) is 0. The molecule has 63 heavy (non-hydrogen) atoms. The molecule has 12 aromatic rings. The third-order valence-electron chi connectivity index (χ3n) is 12.8. The van der Waals surface area contributed by atoms with Gasteiger partial charge in [0, 0.05) is 38.6 Å². The second-order valence-electron chi connectivity index (χ2n) is 16.7. The smallest absolute Gasteiger partial charge is 0.136 e. The van der Waals surface area contributed by atoms with Crippen LogP contribution in [0.2, 0.25) is 0 Å². The Hall–Kier alpha value is -8.14. The van der Waals surface area contributed by atoms with E-state index in [9.17, 15) is 0 Å². The summed E-state index contributed by atoms with van der Waals surface area (Å²) in [5, 5.41) is 7.30. The molecule has 3 nitrogen and oxygen atoms in total. The average molecular weight is 807 g/mol. The zero-order valence-electron chi connectivity index (χ0n) is 35.1. The number of hydrogen-bond acceptors (Lipinski definition) is 2. The van der Waals surface area contributed by atoms with Crippen LogP contribution < -0.4 is 4.90 Å². The van der Waals surface area contributed by atoms with E-state index in [1.807, 2.05) is 12.1 Å². The van der Waals surface area contributed by atoms with Crippen LogP contribution in [0, 0.1) is 13.8 Å². The summed E-state index contributed by atoms with van der Waals surface area (Å²) < 4.78 is 8.67. The first-order valence-corrected chi connectivity index (χ1v) is 21.7. The van der Waals surface area contributed by atoms with E-state index in [2.05, 4.69) is 230 Å². The van der Waals surface area contributed by atoms with Crippen molar-refractivity contribution in [2.24, 2.45) is 0 Å². The molecule has 0 aliphatic carbocycles. The molecule has 0 radical (unpaired) electrons. The number of para-hydroxylation sites is 3. The van der Waals surface area contributed by atoms with Crippen molar-refractivity contribution in [3.05, 3.63) is 230 Å². The predicted molar refractivity (Wildman–Crippen MR) is 266 cm³/mol. The monoisotopic (exact) mass is 806 g/mol. The summed E-state index contributed by atoms with van der Waals surface area (Å²) in [4.78, 5) is 2.42. The van der Waals surface area contributed by atoms with Gasteiger partial charge in [0.1, 0.15) is 11.2 Å². The summed E-state index contributed by atoms with van der Waals surface area (Å²) in [5.41, 5.74) is 18.2. The lowest BCUT2D eigenvalue weighted by Crippen LogP contribution is -2.13. The van der Waals surface area contributed by atoms with Gasteiger partial charge in [-0.15, -0.1) is 0 Å². The van der Waals surface area contributed by atoms with Gasteiger partial charge in [-0.05, 0) is 154 Å². The SMILES string of the molecule is Cc1cc(-c2cccc(-n3c4ccccc4c4ccccc43)c2)cc(C)c1N(c1ccc(-c2ccc3ccccc3c2)cc1)c1ccc(-c2ccc3c(c2)oc2ccccc23)cc1. The largest absolute Gasteiger partial charge is 0.456 e. The fourth-order valence-electron chi connectivity index (χ4n) is 9.79. The summed E-state index contributed by atoms with van der Waals surface area (Å²) in [6.07, 6.45) is 0. The number of fused-ring (bicyclic) bond motifs is 7. The Balaban J connectivity index is 0.945. The maximum atomic E-state index is 6.27. The molecule has 0 saturated carbocycles. The van der Waals surface area contributed by atoms with E-state index in [4.69, 9.17) is 4.42 Å². The molecule has 10 aromatic carbocycles. The summed E-state index contributed by atoms with van der Waals surface area (Å²) in [6.45, 7) is 4.49. The normalized spacial score (nSPS) is 11.7. The molecule has 0 atom stereocenters. The van der Waals surface area contributed by atoms with Crippen molar-refractivity contribution in [3.8, 4) is 39.1 Å². The number of rotatable bonds is 7. The fraction of sp³-hybridized carbons (Fsp3) is 0.0333. The quantitative estimate of drug-likeness (QED) is 0.160. The van der Waals surface area contributed by atoms with Crippen molar-refractivity contribution in [1.82, 2.24) is 4.57 Å². The highest BCUT2D eigenvalue weighted by atomic mass is 16.3. The summed E-state index contributed by atoms with van der Waals surface area (Å²) >= 11 is 0. The zero-order valence-corrected chi connectivity index (χ0v) is 35.1. The van der Waals surface area contributed by atoms with Crippen LogP contribution in [-0.4, -0.2) is 4.57 Å². The van der Waals surface area contributed by atoms with Crippen LogP contribution in [0.25, 0.3) is 93.6 Å². The predicted octanol–water partition coefficient (Wildman–Crippen LogP) is 16.9. The topological polar surface area (TPSA) is 21.3 Å². The molecule has 0 spiro atoms. The van der Waals surface area contributed by atoms with Crippen LogP contribution in [0.3, 0.4) is 0 Å². The standard InChI is InChI=1S/C60H42N2O/c1-39-34-48(45-14-11-15-51(37-45)62-56-19-8-5-16-52(56)53-17-6-9-20-57(53)62)35-40(2)60(39)61(49-29-24-42(25-30-49)46-23-22-41-12-3-4-13-44(41)36-46)50-31-26-43(27-32-50)47-28-33-55-54-18-7-10-21-58(54)63-59(55)38-47/h3-38H,1-2H3. The van der Waals surface area contributed by atoms with Crippen LogP contribution in [0.4, 0.5) is 17.1 Å². The molecule has 0 unspecified atom stereocenters. The summed E-state index contributed by atoms with van der Waals surface area (Å²) in [7, 11) is 0. The average Bonchev–Trinajstić information content (AvgIpc) is 3.88. The van der Waals surface area contributed by atoms with E-state index in [1.54, 1.807) is 0 Å². The molecule has 2 aromatic heterocycles. The van der Waals surface area contributed by atoms with Crippen LogP contribution in [0.5, 0.6) is 0 Å². The first-order chi connectivity index (χ1) is 31.0. The van der Waals surface area contributed by atoms with E-state index >= 15 is 0 Å². The number of benzene rings is 10. The van der Waals surface area contributed by atoms with Gasteiger partial charge in [0.2, 0.25) is 0 Å². The molecule has 2 heterocycles. The first kappa shape index (κ1) is 36.7. The van der Waals surface area contributed by atoms with Gasteiger partial charge in [0.15, 0.2) is 0 Å². The van der Waals surface area contributed by atoms with E-state index in [0.717, 1.165) is 50.1 Å². The molecule has 0 saturated heterocycles. The molecule has 298 valence electrons. The third-order valence-corrected chi connectivity index (χ3v) is 12.8. The first-order valence-electron chi connectivity index (χ1n) is 21.7. The Morgan fingerprint density at radius 1 is 0.349 bits per heavy atom. The van der Waals surface area contributed by atoms with Gasteiger partial charge in [-0.25, -0.2) is 0 Å². The van der Waals surface area contributed by atoms with Crippen LogP contribution in [0.15, 0.2) is 223 Å². The molecule has 0 amide bonds. The van der Waals surface area contributed by atoms with E-state index in [0.29, 0.717) is 0 Å². The molecule has 0 aliphatic rings. The van der Waals surface area contributed by atoms with Gasteiger partial charge in [-0.1, -0.05) is 133 Å². The Kier molecular flexibility index (Phi) is 8.62. The van der Waals surface area contributed by atoms with Gasteiger partial charge in [-0.2, -0.15) is 0 Å². The summed E-state index contributed by atoms with van der Waals surface area (Å²) in [5.74, 6) is 0. The highest BCUT2D eigenvalue weighted by molar-refractivity contribution is 6.09. The van der Waals surface area contributed by atoms with E-state index in [1.165, 1.54) is 71.6 Å². The molecule has 0 bridgehead atoms.